The maximum atomic E-state index is 11.4. The van der Waals surface area contributed by atoms with Crippen LogP contribution in [0.1, 0.15) is 13.3 Å². The lowest BCUT2D eigenvalue weighted by molar-refractivity contribution is -0.144. The van der Waals surface area contributed by atoms with Crippen LogP contribution in [0, 0.1) is 5.92 Å². The maximum Gasteiger partial charge on any atom is 0.314 e. The monoisotopic (exact) mass is 199 g/mol. The number of methoxy groups -OCH3 is 1. The van der Waals surface area contributed by atoms with E-state index in [1.54, 1.807) is 5.01 Å². The molecule has 1 heterocycles. The van der Waals surface area contributed by atoms with Gasteiger partial charge in [-0.15, -0.1) is 5.53 Å². The van der Waals surface area contributed by atoms with E-state index in [-0.39, 0.29) is 11.9 Å². The van der Waals surface area contributed by atoms with Gasteiger partial charge in [-0.25, -0.2) is 0 Å². The van der Waals surface area contributed by atoms with Gasteiger partial charge in [0, 0.05) is 20.3 Å². The van der Waals surface area contributed by atoms with Crippen molar-refractivity contribution in [2.75, 3.05) is 21.2 Å². The summed E-state index contributed by atoms with van der Waals surface area (Å²) in [5, 5.41) is 3.63. The molecular weight excluding hydrogens is 182 g/mol. The third kappa shape index (κ3) is 1.98. The van der Waals surface area contributed by atoms with Crippen LogP contribution in [0.2, 0.25) is 0 Å². The fourth-order valence-electron chi connectivity index (χ4n) is 1.57. The number of carbonyl (C=O) groups excluding carboxylic acids is 1. The molecule has 0 amide bonds. The molecule has 80 valence electrons. The number of ether oxygens (including phenoxy) is 1. The van der Waals surface area contributed by atoms with Crippen molar-refractivity contribution in [3.8, 4) is 0 Å². The molecule has 0 radical (unpaired) electrons. The molecule has 1 rings (SSSR count). The van der Waals surface area contributed by atoms with E-state index in [1.165, 1.54) is 7.11 Å². The molecule has 5 nitrogen and oxygen atoms in total. The highest BCUT2D eigenvalue weighted by atomic mass is 16.5. The normalized spacial score (nSPS) is 18.1. The van der Waals surface area contributed by atoms with Crippen LogP contribution in [0.5, 0.6) is 0 Å². The Morgan fingerprint density at radius 2 is 2.29 bits per heavy atom. The topological polar surface area (TPSA) is 44.8 Å². The second-order valence-electron chi connectivity index (χ2n) is 3.31. The average molecular weight is 199 g/mol. The number of hydrazine groups is 2. The molecule has 1 aliphatic heterocycles. The van der Waals surface area contributed by atoms with E-state index < -0.39 is 0 Å². The van der Waals surface area contributed by atoms with Gasteiger partial charge in [-0.1, -0.05) is 6.92 Å². The molecule has 0 aromatic rings. The predicted molar refractivity (Wildman–Crippen MR) is 52.5 cm³/mol. The summed E-state index contributed by atoms with van der Waals surface area (Å²) in [5.41, 5.74) is 3.96. The lowest BCUT2D eigenvalue weighted by Crippen LogP contribution is -2.37. The van der Waals surface area contributed by atoms with Gasteiger partial charge in [0.1, 0.15) is 0 Å². The Labute approximate surface area is 84.2 Å². The van der Waals surface area contributed by atoms with Gasteiger partial charge in [-0.3, -0.25) is 14.8 Å². The molecule has 0 saturated carbocycles. The zero-order valence-electron chi connectivity index (χ0n) is 9.07. The van der Waals surface area contributed by atoms with Crippen LogP contribution in [0.25, 0.3) is 0 Å². The Hall–Kier alpha value is -1.23. The van der Waals surface area contributed by atoms with E-state index in [0.717, 1.165) is 12.1 Å². The van der Waals surface area contributed by atoms with Crippen molar-refractivity contribution in [2.24, 2.45) is 5.92 Å². The lowest BCUT2D eigenvalue weighted by Gasteiger charge is -2.21. The summed E-state index contributed by atoms with van der Waals surface area (Å²) in [6.07, 6.45) is 2.63. The Bertz CT molecular complexity index is 252. The van der Waals surface area contributed by atoms with Crippen molar-refractivity contribution < 1.29 is 9.53 Å². The van der Waals surface area contributed by atoms with Crippen LogP contribution < -0.4 is 5.53 Å². The quantitative estimate of drug-likeness (QED) is 0.663. The van der Waals surface area contributed by atoms with E-state index in [9.17, 15) is 4.79 Å². The van der Waals surface area contributed by atoms with Crippen LogP contribution in [0.4, 0.5) is 0 Å². The Morgan fingerprint density at radius 3 is 2.64 bits per heavy atom. The van der Waals surface area contributed by atoms with Crippen molar-refractivity contribution in [2.45, 2.75) is 13.3 Å². The predicted octanol–water partition coefficient (Wildman–Crippen LogP) is 0.324. The number of rotatable bonds is 3. The Balaban J connectivity index is 2.79. The molecule has 0 saturated heterocycles. The second-order valence-corrected chi connectivity index (χ2v) is 3.31. The number of nitrogens with zero attached hydrogens (tertiary/aromatic N) is 2. The summed E-state index contributed by atoms with van der Waals surface area (Å²) in [4.78, 5) is 11.4. The third-order valence-corrected chi connectivity index (χ3v) is 2.27. The van der Waals surface area contributed by atoms with Gasteiger partial charge < -0.3 is 4.74 Å². The zero-order valence-corrected chi connectivity index (χ0v) is 9.07. The highest BCUT2D eigenvalue weighted by Crippen LogP contribution is 2.21. The first-order valence-corrected chi connectivity index (χ1v) is 4.62. The minimum atomic E-state index is -0.192. The number of nitrogens with one attached hydrogen (secondary N) is 1. The zero-order chi connectivity index (χ0) is 10.7. The van der Waals surface area contributed by atoms with Crippen molar-refractivity contribution in [1.82, 2.24) is 15.6 Å². The maximum absolute atomic E-state index is 11.4. The minimum absolute atomic E-state index is 0.192. The first kappa shape index (κ1) is 10.8. The molecule has 1 atom stereocenters. The van der Waals surface area contributed by atoms with Crippen LogP contribution in [0.3, 0.4) is 0 Å². The van der Waals surface area contributed by atoms with Crippen molar-refractivity contribution in [3.05, 3.63) is 11.9 Å². The summed E-state index contributed by atoms with van der Waals surface area (Å²) in [5.74, 6) is -0.384. The number of carbonyl (C=O) groups is 1. The fourth-order valence-corrected chi connectivity index (χ4v) is 1.57. The number of hydrogen-bond donors (Lipinski definition) is 1. The average Bonchev–Trinajstić information content (AvgIpc) is 2.47. The molecule has 0 aliphatic carbocycles. The first-order valence-electron chi connectivity index (χ1n) is 4.62. The van der Waals surface area contributed by atoms with E-state index in [0.29, 0.717) is 0 Å². The van der Waals surface area contributed by atoms with Gasteiger partial charge in [0.05, 0.1) is 18.7 Å². The van der Waals surface area contributed by atoms with E-state index >= 15 is 0 Å². The SMILES string of the molecule is CCC(C(=O)OC)C1=CN(C)NN1C. The van der Waals surface area contributed by atoms with Crippen LogP contribution >= 0.6 is 0 Å². The van der Waals surface area contributed by atoms with Crippen LogP contribution in [-0.2, 0) is 9.53 Å². The molecule has 1 aliphatic rings. The second kappa shape index (κ2) is 4.32. The van der Waals surface area contributed by atoms with Gasteiger partial charge in [0.15, 0.2) is 0 Å². The van der Waals surface area contributed by atoms with Crippen LogP contribution in [0.15, 0.2) is 11.9 Å². The molecule has 0 bridgehead atoms. The molecule has 0 fully saturated rings. The summed E-state index contributed by atoms with van der Waals surface area (Å²) >= 11 is 0. The first-order chi connectivity index (χ1) is 6.60. The molecule has 0 spiro atoms. The molecular formula is C9H17N3O2. The largest absolute Gasteiger partial charge is 0.469 e. The Kier molecular flexibility index (Phi) is 3.35. The molecule has 1 unspecified atom stereocenters. The molecule has 0 aromatic carbocycles. The summed E-state index contributed by atoms with van der Waals surface area (Å²) < 4.78 is 4.75. The van der Waals surface area contributed by atoms with E-state index in [2.05, 4.69) is 5.53 Å². The van der Waals surface area contributed by atoms with Gasteiger partial charge in [0.25, 0.3) is 0 Å². The molecule has 0 aromatic heterocycles. The Morgan fingerprint density at radius 1 is 1.64 bits per heavy atom. The molecule has 1 N–H and O–H groups in total. The fraction of sp³-hybridized carbons (Fsp3) is 0.667. The highest BCUT2D eigenvalue weighted by molar-refractivity contribution is 5.75. The number of hydrogen-bond acceptors (Lipinski definition) is 5. The smallest absolute Gasteiger partial charge is 0.314 e. The summed E-state index contributed by atoms with van der Waals surface area (Å²) in [6, 6.07) is 0. The van der Waals surface area contributed by atoms with Gasteiger partial charge in [0.2, 0.25) is 0 Å². The molecule has 5 heteroatoms. The van der Waals surface area contributed by atoms with E-state index in [4.69, 9.17) is 4.74 Å². The van der Waals surface area contributed by atoms with E-state index in [1.807, 2.05) is 32.2 Å². The van der Waals surface area contributed by atoms with Gasteiger partial charge in [-0.05, 0) is 6.42 Å². The summed E-state index contributed by atoms with van der Waals surface area (Å²) in [7, 11) is 5.17. The lowest BCUT2D eigenvalue weighted by atomic mass is 10.0. The van der Waals surface area contributed by atoms with Crippen LogP contribution in [-0.4, -0.2) is 37.2 Å². The third-order valence-electron chi connectivity index (χ3n) is 2.27. The minimum Gasteiger partial charge on any atom is -0.469 e. The highest BCUT2D eigenvalue weighted by Gasteiger charge is 2.28. The van der Waals surface area contributed by atoms with Crippen molar-refractivity contribution >= 4 is 5.97 Å². The van der Waals surface area contributed by atoms with Gasteiger partial charge in [-0.2, -0.15) is 0 Å². The summed E-state index contributed by atoms with van der Waals surface area (Å²) in [6.45, 7) is 1.97. The van der Waals surface area contributed by atoms with Crippen molar-refractivity contribution in [3.63, 3.8) is 0 Å². The standard InChI is InChI=1S/C9H17N3O2/c1-5-7(9(13)14-4)8-6-11(2)10-12(8)3/h6-7,10H,5H2,1-4H3. The van der Waals surface area contributed by atoms with Crippen molar-refractivity contribution in [1.29, 1.82) is 0 Å². The molecule has 14 heavy (non-hydrogen) atoms. The number of esters is 1. The van der Waals surface area contributed by atoms with Gasteiger partial charge >= 0.3 is 5.97 Å².